The Bertz CT molecular complexity index is 1840. The predicted molar refractivity (Wildman–Crippen MR) is 131 cm³/mol. The molecule has 4 nitrogen and oxygen atoms in total. The van der Waals surface area contributed by atoms with Crippen molar-refractivity contribution in [2.45, 2.75) is 34.0 Å². The molecule has 0 atom stereocenters. The minimum atomic E-state index is -2.51. The van der Waals surface area contributed by atoms with Crippen molar-refractivity contribution >= 4 is 38.6 Å². The van der Waals surface area contributed by atoms with Crippen LogP contribution < -0.4 is 0 Å². The summed E-state index contributed by atoms with van der Waals surface area (Å²) in [6, 6.07) is 17.0. The second-order valence-corrected chi connectivity index (χ2v) is 9.12. The minimum absolute atomic E-state index is 0.0378. The summed E-state index contributed by atoms with van der Waals surface area (Å²) in [7, 11) is 0. The molecular weight excluding hydrogens is 394 g/mol. The molecule has 4 heteroatoms. The lowest BCUT2D eigenvalue weighted by Crippen LogP contribution is -2.10. The smallest absolute Gasteiger partial charge is 0.182 e. The van der Waals surface area contributed by atoms with Crippen molar-refractivity contribution in [3.63, 3.8) is 0 Å². The molecular formula is C28H25N3O. The maximum Gasteiger partial charge on any atom is 0.182 e. The van der Waals surface area contributed by atoms with Crippen LogP contribution in [-0.4, -0.2) is 14.4 Å². The van der Waals surface area contributed by atoms with Gasteiger partial charge in [0.05, 0.1) is 16.7 Å². The van der Waals surface area contributed by atoms with Crippen molar-refractivity contribution in [1.82, 2.24) is 14.4 Å². The number of aromatic nitrogens is 3. The van der Waals surface area contributed by atoms with Gasteiger partial charge in [0.1, 0.15) is 5.58 Å². The fourth-order valence-electron chi connectivity index (χ4n) is 4.32. The molecule has 0 N–H and O–H groups in total. The Morgan fingerprint density at radius 2 is 1.97 bits per heavy atom. The normalized spacial score (nSPS) is 15.7. The molecule has 0 saturated carbocycles. The third-order valence-electron chi connectivity index (χ3n) is 5.63. The van der Waals surface area contributed by atoms with Crippen molar-refractivity contribution in [3.05, 3.63) is 78.1 Å². The molecule has 0 aliphatic carbocycles. The molecule has 0 amide bonds. The van der Waals surface area contributed by atoms with E-state index in [1.165, 1.54) is 12.3 Å². The summed E-state index contributed by atoms with van der Waals surface area (Å²) in [4.78, 5) is 9.37. The summed E-state index contributed by atoms with van der Waals surface area (Å²) >= 11 is 0. The van der Waals surface area contributed by atoms with Crippen LogP contribution in [0.5, 0.6) is 0 Å². The molecule has 4 heterocycles. The molecule has 0 unspecified atom stereocenters. The number of hydrogen-bond donors (Lipinski definition) is 0. The van der Waals surface area contributed by atoms with Gasteiger partial charge in [0.15, 0.2) is 11.2 Å². The number of fused-ring (bicyclic) bond motifs is 7. The van der Waals surface area contributed by atoms with Crippen LogP contribution in [-0.2, 0) is 6.37 Å². The van der Waals surface area contributed by atoms with Crippen molar-refractivity contribution in [3.8, 4) is 11.3 Å². The van der Waals surface area contributed by atoms with Gasteiger partial charge < -0.3 is 4.42 Å². The van der Waals surface area contributed by atoms with Gasteiger partial charge in [-0.05, 0) is 60.1 Å². The van der Waals surface area contributed by atoms with Crippen molar-refractivity contribution < 1.29 is 11.3 Å². The molecule has 0 saturated heterocycles. The number of aryl methyl sites for hydroxylation is 1. The summed E-state index contributed by atoms with van der Waals surface area (Å²) in [6.45, 7) is 2.74. The topological polar surface area (TPSA) is 43.3 Å². The highest BCUT2D eigenvalue weighted by Gasteiger charge is 2.19. The zero-order chi connectivity index (χ0) is 26.3. The van der Waals surface area contributed by atoms with Crippen LogP contribution in [0.15, 0.2) is 71.4 Å². The van der Waals surface area contributed by atoms with Crippen LogP contribution in [0.25, 0.3) is 49.9 Å². The Balaban J connectivity index is 1.63. The highest BCUT2D eigenvalue weighted by atomic mass is 16.3. The zero-order valence-corrected chi connectivity index (χ0v) is 18.1. The third-order valence-corrected chi connectivity index (χ3v) is 5.63. The Morgan fingerprint density at radius 1 is 1.09 bits per heavy atom. The molecule has 0 bridgehead atoms. The lowest BCUT2D eigenvalue weighted by Gasteiger charge is -2.19. The van der Waals surface area contributed by atoms with E-state index in [1.54, 1.807) is 20.8 Å². The number of rotatable bonds is 2. The van der Waals surface area contributed by atoms with Gasteiger partial charge in [0.25, 0.3) is 0 Å². The molecule has 0 spiro atoms. The highest BCUT2D eigenvalue weighted by Crippen LogP contribution is 2.38. The number of furan rings is 1. The van der Waals surface area contributed by atoms with E-state index < -0.39 is 18.6 Å². The van der Waals surface area contributed by atoms with E-state index in [4.69, 9.17) is 16.3 Å². The average Bonchev–Trinajstić information content (AvgIpc) is 3.41. The van der Waals surface area contributed by atoms with Gasteiger partial charge in [-0.3, -0.25) is 9.38 Å². The number of para-hydroxylation sites is 2. The van der Waals surface area contributed by atoms with Crippen molar-refractivity contribution in [2.75, 3.05) is 0 Å². The van der Waals surface area contributed by atoms with E-state index >= 15 is 0 Å². The molecule has 0 aliphatic heterocycles. The first-order chi connectivity index (χ1) is 17.4. The number of imidazole rings is 1. The Labute approximate surface area is 193 Å². The monoisotopic (exact) mass is 424 g/mol. The SMILES string of the molecule is [2H]C([2H])([2H])c1cc(-c2cccc3oc4c(ccn5c6ccccc6nc45)c23)ncc1C([2H])([2H])C(C)(C)C. The highest BCUT2D eigenvalue weighted by molar-refractivity contribution is 6.15. The maximum absolute atomic E-state index is 8.70. The predicted octanol–water partition coefficient (Wildman–Crippen LogP) is 7.35. The fourth-order valence-corrected chi connectivity index (χ4v) is 4.32. The standard InChI is InChI=1S/C28H25N3O/c1-17-14-22(29-16-18(17)15-28(2,3)4)19-8-7-11-24-25(19)20-12-13-31-23-10-6-5-9-21(23)30-27(31)26(20)32-24/h5-14,16H,15H2,1-4H3/i1D3,15D2. The molecule has 4 aromatic heterocycles. The third kappa shape index (κ3) is 2.90. The summed E-state index contributed by atoms with van der Waals surface area (Å²) in [5, 5.41) is 1.65. The van der Waals surface area contributed by atoms with Gasteiger partial charge >= 0.3 is 0 Å². The molecule has 0 aliphatic rings. The van der Waals surface area contributed by atoms with Crippen molar-refractivity contribution in [1.29, 1.82) is 0 Å². The Hall–Kier alpha value is -3.66. The van der Waals surface area contributed by atoms with Gasteiger partial charge in [-0.2, -0.15) is 0 Å². The van der Waals surface area contributed by atoms with Crippen LogP contribution >= 0.6 is 0 Å². The second kappa shape index (κ2) is 6.67. The minimum Gasteiger partial charge on any atom is -0.452 e. The molecule has 0 radical (unpaired) electrons. The van der Waals surface area contributed by atoms with E-state index in [1.807, 2.05) is 59.1 Å². The van der Waals surface area contributed by atoms with Crippen LogP contribution in [0.3, 0.4) is 0 Å². The summed E-state index contributed by atoms with van der Waals surface area (Å²) in [5.74, 6) is 0. The van der Waals surface area contributed by atoms with E-state index in [2.05, 4.69) is 4.98 Å². The fraction of sp³-hybridized carbons (Fsp3) is 0.214. The molecule has 2 aromatic carbocycles. The van der Waals surface area contributed by atoms with E-state index in [0.29, 0.717) is 28.1 Å². The first-order valence-electron chi connectivity index (χ1n) is 13.1. The van der Waals surface area contributed by atoms with Crippen LogP contribution in [0, 0.1) is 12.3 Å². The van der Waals surface area contributed by atoms with Gasteiger partial charge in [-0.25, -0.2) is 4.98 Å². The van der Waals surface area contributed by atoms with Crippen molar-refractivity contribution in [2.24, 2.45) is 5.41 Å². The average molecular weight is 425 g/mol. The Morgan fingerprint density at radius 3 is 2.81 bits per heavy atom. The number of benzene rings is 2. The molecule has 0 fully saturated rings. The van der Waals surface area contributed by atoms with Crippen LogP contribution in [0.1, 0.15) is 38.8 Å². The van der Waals surface area contributed by atoms with Gasteiger partial charge in [0, 0.05) is 35.6 Å². The second-order valence-electron chi connectivity index (χ2n) is 9.12. The molecule has 158 valence electrons. The lowest BCUT2D eigenvalue weighted by atomic mass is 9.87. The van der Waals surface area contributed by atoms with Crippen LogP contribution in [0.4, 0.5) is 0 Å². The van der Waals surface area contributed by atoms with E-state index in [9.17, 15) is 0 Å². The largest absolute Gasteiger partial charge is 0.452 e. The number of pyridine rings is 2. The Kier molecular flexibility index (Phi) is 3.00. The number of nitrogens with zero attached hydrogens (tertiary/aromatic N) is 3. The number of hydrogen-bond acceptors (Lipinski definition) is 3. The summed E-state index contributed by atoms with van der Waals surface area (Å²) in [5.41, 5.74) is 4.20. The van der Waals surface area contributed by atoms with Crippen LogP contribution in [0.2, 0.25) is 0 Å². The van der Waals surface area contributed by atoms with Gasteiger partial charge in [-0.15, -0.1) is 0 Å². The van der Waals surface area contributed by atoms with E-state index in [0.717, 1.165) is 21.8 Å². The van der Waals surface area contributed by atoms with Gasteiger partial charge in [0.2, 0.25) is 0 Å². The quantitative estimate of drug-likeness (QED) is 0.292. The summed E-state index contributed by atoms with van der Waals surface area (Å²) in [6.07, 6.45) is 1.44. The maximum atomic E-state index is 8.70. The molecule has 6 aromatic rings. The summed E-state index contributed by atoms with van der Waals surface area (Å²) < 4.78 is 50.2. The first-order valence-corrected chi connectivity index (χ1v) is 10.6. The lowest BCUT2D eigenvalue weighted by molar-refractivity contribution is 0.410. The zero-order valence-electron chi connectivity index (χ0n) is 23.1. The van der Waals surface area contributed by atoms with E-state index in [-0.39, 0.29) is 11.1 Å². The first kappa shape index (κ1) is 14.4. The molecule has 32 heavy (non-hydrogen) atoms. The van der Waals surface area contributed by atoms with Gasteiger partial charge in [-0.1, -0.05) is 45.0 Å². The molecule has 6 rings (SSSR count).